The van der Waals surface area contributed by atoms with Crippen molar-refractivity contribution in [2.75, 3.05) is 7.05 Å². The molecule has 2 rings (SSSR count). The minimum atomic E-state index is 0.807. The number of rotatable bonds is 3. The van der Waals surface area contributed by atoms with E-state index in [1.807, 2.05) is 48.3 Å². The number of para-hydroxylation sites is 1. The Morgan fingerprint density at radius 3 is 2.87 bits per heavy atom. The van der Waals surface area contributed by atoms with Crippen LogP contribution in [0.5, 0.6) is 0 Å². The monoisotopic (exact) mass is 265 g/mol. The highest BCUT2D eigenvalue weighted by Crippen LogP contribution is 2.20. The van der Waals surface area contributed by atoms with Gasteiger partial charge in [0.2, 0.25) is 0 Å². The SMILES string of the molecule is CNCc1ccnn1-c1ccccc1Br. The summed E-state index contributed by atoms with van der Waals surface area (Å²) in [7, 11) is 1.93. The molecular formula is C11H12BrN3. The second kappa shape index (κ2) is 4.59. The van der Waals surface area contributed by atoms with Crippen LogP contribution in [0.1, 0.15) is 5.69 Å². The fourth-order valence-corrected chi connectivity index (χ4v) is 1.94. The Hall–Kier alpha value is -1.13. The van der Waals surface area contributed by atoms with Gasteiger partial charge in [-0.1, -0.05) is 12.1 Å². The molecular weight excluding hydrogens is 254 g/mol. The van der Waals surface area contributed by atoms with Crippen molar-refractivity contribution in [1.82, 2.24) is 15.1 Å². The third kappa shape index (κ3) is 2.11. The van der Waals surface area contributed by atoms with Crippen molar-refractivity contribution in [1.29, 1.82) is 0 Å². The van der Waals surface area contributed by atoms with Gasteiger partial charge in [0.1, 0.15) is 0 Å². The summed E-state index contributed by atoms with van der Waals surface area (Å²) in [4.78, 5) is 0. The molecule has 0 aliphatic heterocycles. The van der Waals surface area contributed by atoms with Crippen molar-refractivity contribution >= 4 is 15.9 Å². The summed E-state index contributed by atoms with van der Waals surface area (Å²) in [5.74, 6) is 0. The molecule has 0 aliphatic carbocycles. The zero-order chi connectivity index (χ0) is 10.7. The summed E-state index contributed by atoms with van der Waals surface area (Å²) in [5.41, 5.74) is 2.21. The predicted octanol–water partition coefficient (Wildman–Crippen LogP) is 2.35. The van der Waals surface area contributed by atoms with Crippen molar-refractivity contribution in [3.05, 3.63) is 46.7 Å². The Kier molecular flexibility index (Phi) is 3.18. The van der Waals surface area contributed by atoms with Crippen LogP contribution in [0.15, 0.2) is 41.0 Å². The molecule has 2 aromatic rings. The zero-order valence-electron chi connectivity index (χ0n) is 8.44. The summed E-state index contributed by atoms with van der Waals surface area (Å²) in [6.07, 6.45) is 1.81. The van der Waals surface area contributed by atoms with E-state index in [1.165, 1.54) is 0 Å². The maximum Gasteiger partial charge on any atom is 0.0791 e. The van der Waals surface area contributed by atoms with Crippen LogP contribution in [0.4, 0.5) is 0 Å². The van der Waals surface area contributed by atoms with E-state index < -0.39 is 0 Å². The van der Waals surface area contributed by atoms with Crippen LogP contribution in [0.2, 0.25) is 0 Å². The third-order valence-corrected chi connectivity index (χ3v) is 2.83. The first-order valence-electron chi connectivity index (χ1n) is 4.75. The van der Waals surface area contributed by atoms with Crippen LogP contribution in [0.25, 0.3) is 5.69 Å². The number of benzene rings is 1. The molecule has 0 saturated carbocycles. The summed E-state index contributed by atoms with van der Waals surface area (Å²) >= 11 is 3.52. The molecule has 3 nitrogen and oxygen atoms in total. The Bertz CT molecular complexity index is 451. The zero-order valence-corrected chi connectivity index (χ0v) is 10.0. The minimum Gasteiger partial charge on any atom is -0.314 e. The van der Waals surface area contributed by atoms with Crippen molar-refractivity contribution in [3.63, 3.8) is 0 Å². The van der Waals surface area contributed by atoms with E-state index in [2.05, 4.69) is 26.3 Å². The maximum absolute atomic E-state index is 4.31. The lowest BCUT2D eigenvalue weighted by atomic mass is 10.3. The number of nitrogens with one attached hydrogen (secondary N) is 1. The van der Waals surface area contributed by atoms with Gasteiger partial charge in [0, 0.05) is 17.2 Å². The average molecular weight is 266 g/mol. The lowest BCUT2D eigenvalue weighted by molar-refractivity contribution is 0.728. The number of halogens is 1. The highest BCUT2D eigenvalue weighted by Gasteiger charge is 2.06. The van der Waals surface area contributed by atoms with Crippen molar-refractivity contribution in [3.8, 4) is 5.69 Å². The molecule has 15 heavy (non-hydrogen) atoms. The van der Waals surface area contributed by atoms with Crippen LogP contribution in [0.3, 0.4) is 0 Å². The number of nitrogens with zero attached hydrogens (tertiary/aromatic N) is 2. The summed E-state index contributed by atoms with van der Waals surface area (Å²) in [5, 5.41) is 7.44. The molecule has 0 bridgehead atoms. The van der Waals surface area contributed by atoms with Crippen LogP contribution in [-0.4, -0.2) is 16.8 Å². The first-order chi connectivity index (χ1) is 7.33. The quantitative estimate of drug-likeness (QED) is 0.924. The van der Waals surface area contributed by atoms with Crippen LogP contribution in [-0.2, 0) is 6.54 Å². The molecule has 0 amide bonds. The van der Waals surface area contributed by atoms with Gasteiger partial charge in [0.15, 0.2) is 0 Å². The first-order valence-corrected chi connectivity index (χ1v) is 5.54. The van der Waals surface area contributed by atoms with E-state index in [0.29, 0.717) is 0 Å². The summed E-state index contributed by atoms with van der Waals surface area (Å²) in [6, 6.07) is 10.1. The summed E-state index contributed by atoms with van der Waals surface area (Å²) < 4.78 is 2.98. The lowest BCUT2D eigenvalue weighted by Gasteiger charge is -2.08. The second-order valence-electron chi connectivity index (χ2n) is 3.22. The molecule has 0 radical (unpaired) electrons. The molecule has 0 fully saturated rings. The smallest absolute Gasteiger partial charge is 0.0791 e. The molecule has 0 saturated heterocycles. The standard InChI is InChI=1S/C11H12BrN3/c1-13-8-9-6-7-14-15(9)11-5-3-2-4-10(11)12/h2-7,13H,8H2,1H3. The highest BCUT2D eigenvalue weighted by molar-refractivity contribution is 9.10. The van der Waals surface area contributed by atoms with Gasteiger partial charge in [0.25, 0.3) is 0 Å². The Morgan fingerprint density at radius 2 is 2.13 bits per heavy atom. The van der Waals surface area contributed by atoms with Gasteiger partial charge in [-0.2, -0.15) is 5.10 Å². The molecule has 4 heteroatoms. The van der Waals surface area contributed by atoms with Gasteiger partial charge in [-0.3, -0.25) is 0 Å². The Balaban J connectivity index is 2.45. The summed E-state index contributed by atoms with van der Waals surface area (Å²) in [6.45, 7) is 0.807. The van der Waals surface area contributed by atoms with Crippen LogP contribution < -0.4 is 5.32 Å². The van der Waals surface area contributed by atoms with E-state index in [4.69, 9.17) is 0 Å². The molecule has 1 heterocycles. The first kappa shape index (κ1) is 10.4. The largest absolute Gasteiger partial charge is 0.314 e. The molecule has 1 aromatic heterocycles. The van der Waals surface area contributed by atoms with Crippen molar-refractivity contribution < 1.29 is 0 Å². The molecule has 0 spiro atoms. The molecule has 78 valence electrons. The van der Waals surface area contributed by atoms with Gasteiger partial charge < -0.3 is 5.32 Å². The predicted molar refractivity (Wildman–Crippen MR) is 64.0 cm³/mol. The van der Waals surface area contributed by atoms with E-state index in [9.17, 15) is 0 Å². The number of hydrogen-bond acceptors (Lipinski definition) is 2. The van der Waals surface area contributed by atoms with Gasteiger partial charge >= 0.3 is 0 Å². The van der Waals surface area contributed by atoms with Gasteiger partial charge in [-0.05, 0) is 41.2 Å². The van der Waals surface area contributed by atoms with E-state index >= 15 is 0 Å². The fourth-order valence-electron chi connectivity index (χ4n) is 1.49. The number of aromatic nitrogens is 2. The molecule has 1 N–H and O–H groups in total. The Labute approximate surface area is 97.2 Å². The maximum atomic E-state index is 4.31. The molecule has 0 atom stereocenters. The minimum absolute atomic E-state index is 0.807. The molecule has 0 aliphatic rings. The number of hydrogen-bond donors (Lipinski definition) is 1. The lowest BCUT2D eigenvalue weighted by Crippen LogP contribution is -2.11. The fraction of sp³-hybridized carbons (Fsp3) is 0.182. The van der Waals surface area contributed by atoms with Gasteiger partial charge in [-0.25, -0.2) is 4.68 Å². The van der Waals surface area contributed by atoms with Crippen LogP contribution in [0, 0.1) is 0 Å². The average Bonchev–Trinajstić information content (AvgIpc) is 2.67. The van der Waals surface area contributed by atoms with Gasteiger partial charge in [-0.15, -0.1) is 0 Å². The molecule has 0 unspecified atom stereocenters. The van der Waals surface area contributed by atoms with Gasteiger partial charge in [0.05, 0.1) is 11.4 Å². The molecule has 1 aromatic carbocycles. The second-order valence-corrected chi connectivity index (χ2v) is 4.07. The van der Waals surface area contributed by atoms with E-state index in [-0.39, 0.29) is 0 Å². The van der Waals surface area contributed by atoms with Crippen molar-refractivity contribution in [2.24, 2.45) is 0 Å². The third-order valence-electron chi connectivity index (χ3n) is 2.16. The Morgan fingerprint density at radius 1 is 1.33 bits per heavy atom. The van der Waals surface area contributed by atoms with E-state index in [1.54, 1.807) is 0 Å². The van der Waals surface area contributed by atoms with Crippen LogP contribution >= 0.6 is 15.9 Å². The normalized spacial score (nSPS) is 10.5. The topological polar surface area (TPSA) is 29.9 Å². The van der Waals surface area contributed by atoms with E-state index in [0.717, 1.165) is 22.4 Å². The highest BCUT2D eigenvalue weighted by atomic mass is 79.9. The van der Waals surface area contributed by atoms with Crippen molar-refractivity contribution in [2.45, 2.75) is 6.54 Å².